The summed E-state index contributed by atoms with van der Waals surface area (Å²) in [4.78, 5) is 18.3. The van der Waals surface area contributed by atoms with Crippen molar-refractivity contribution in [3.8, 4) is 11.4 Å². The van der Waals surface area contributed by atoms with Crippen LogP contribution in [0.4, 0.5) is 4.39 Å². The predicted octanol–water partition coefficient (Wildman–Crippen LogP) is 3.30. The van der Waals surface area contributed by atoms with Gasteiger partial charge >= 0.3 is 0 Å². The number of nitrogens with one attached hydrogen (secondary N) is 1. The zero-order valence-electron chi connectivity index (χ0n) is 8.72. The minimum atomic E-state index is -0.435. The molecule has 0 spiro atoms. The first-order valence-corrected chi connectivity index (χ1v) is 5.88. The van der Waals surface area contributed by atoms with E-state index in [2.05, 4.69) is 25.9 Å². The maximum atomic E-state index is 12.9. The summed E-state index contributed by atoms with van der Waals surface area (Å²) in [5.74, 6) is -0.115. The third-order valence-electron chi connectivity index (χ3n) is 2.21. The lowest BCUT2D eigenvalue weighted by Gasteiger charge is -2.05. The van der Waals surface area contributed by atoms with E-state index in [0.717, 1.165) is 0 Å². The van der Waals surface area contributed by atoms with E-state index >= 15 is 0 Å². The molecule has 0 saturated heterocycles. The lowest BCUT2D eigenvalue weighted by Crippen LogP contribution is -2.12. The van der Waals surface area contributed by atoms with Crippen LogP contribution in [0.15, 0.2) is 27.5 Å². The third-order valence-corrected chi connectivity index (χ3v) is 3.46. The molecule has 0 atom stereocenters. The van der Waals surface area contributed by atoms with Crippen LogP contribution in [0.1, 0.15) is 5.69 Å². The van der Waals surface area contributed by atoms with Gasteiger partial charge in [0.05, 0.1) is 10.7 Å². The average molecular weight is 318 g/mol. The van der Waals surface area contributed by atoms with Gasteiger partial charge in [-0.05, 0) is 41.1 Å². The van der Waals surface area contributed by atoms with Crippen LogP contribution in [0.25, 0.3) is 11.4 Å². The van der Waals surface area contributed by atoms with E-state index in [1.165, 1.54) is 18.2 Å². The minimum Gasteiger partial charge on any atom is -0.305 e. The summed E-state index contributed by atoms with van der Waals surface area (Å²) >= 11 is 9.01. The van der Waals surface area contributed by atoms with Crippen molar-refractivity contribution in [2.24, 2.45) is 0 Å². The van der Waals surface area contributed by atoms with E-state index in [4.69, 9.17) is 11.6 Å². The van der Waals surface area contributed by atoms with Crippen LogP contribution >= 0.6 is 27.5 Å². The molecule has 1 aromatic carbocycles. The highest BCUT2D eigenvalue weighted by molar-refractivity contribution is 9.10. The van der Waals surface area contributed by atoms with E-state index in [1.54, 1.807) is 6.92 Å². The van der Waals surface area contributed by atoms with Gasteiger partial charge in [-0.1, -0.05) is 11.6 Å². The Kier molecular flexibility index (Phi) is 3.31. The number of rotatable bonds is 1. The predicted molar refractivity (Wildman–Crippen MR) is 67.7 cm³/mol. The van der Waals surface area contributed by atoms with Crippen molar-refractivity contribution in [3.05, 3.63) is 49.6 Å². The fraction of sp³-hybridized carbons (Fsp3) is 0.0909. The number of H-pyrrole nitrogens is 1. The van der Waals surface area contributed by atoms with Gasteiger partial charge in [-0.2, -0.15) is 0 Å². The Morgan fingerprint density at radius 2 is 2.18 bits per heavy atom. The molecule has 0 bridgehead atoms. The molecule has 1 N–H and O–H groups in total. The van der Waals surface area contributed by atoms with Gasteiger partial charge in [0, 0.05) is 5.56 Å². The number of hydrogen-bond donors (Lipinski definition) is 1. The highest BCUT2D eigenvalue weighted by Gasteiger charge is 2.10. The molecule has 0 unspecified atom stereocenters. The lowest BCUT2D eigenvalue weighted by atomic mass is 10.2. The minimum absolute atomic E-state index is 0.204. The van der Waals surface area contributed by atoms with Crippen LogP contribution < -0.4 is 5.56 Å². The third kappa shape index (κ3) is 2.40. The molecule has 0 amide bonds. The molecular formula is C11H7BrClFN2O. The van der Waals surface area contributed by atoms with Gasteiger partial charge in [-0.3, -0.25) is 4.79 Å². The van der Waals surface area contributed by atoms with Crippen molar-refractivity contribution < 1.29 is 4.39 Å². The highest BCUT2D eigenvalue weighted by atomic mass is 79.9. The van der Waals surface area contributed by atoms with Gasteiger partial charge in [0.25, 0.3) is 5.56 Å². The summed E-state index contributed by atoms with van der Waals surface area (Å²) in [5, 5.41) is 0.204. The van der Waals surface area contributed by atoms with Crippen molar-refractivity contribution in [1.29, 1.82) is 0 Å². The van der Waals surface area contributed by atoms with Crippen molar-refractivity contribution in [3.63, 3.8) is 0 Å². The Balaban J connectivity index is 2.65. The second-order valence-corrected chi connectivity index (χ2v) is 4.64. The van der Waals surface area contributed by atoms with Gasteiger partial charge in [-0.25, -0.2) is 9.37 Å². The Bertz CT molecular complexity index is 642. The maximum absolute atomic E-state index is 12.9. The van der Waals surface area contributed by atoms with E-state index in [9.17, 15) is 9.18 Å². The summed E-state index contributed by atoms with van der Waals surface area (Å²) in [6.07, 6.45) is 0. The lowest BCUT2D eigenvalue weighted by molar-refractivity contribution is 0.628. The maximum Gasteiger partial charge on any atom is 0.265 e. The molecule has 88 valence electrons. The number of aromatic amines is 1. The number of hydrogen-bond acceptors (Lipinski definition) is 2. The van der Waals surface area contributed by atoms with Crippen molar-refractivity contribution in [2.75, 3.05) is 0 Å². The smallest absolute Gasteiger partial charge is 0.265 e. The second-order valence-electron chi connectivity index (χ2n) is 3.44. The number of aryl methyl sites for hydroxylation is 1. The van der Waals surface area contributed by atoms with Gasteiger partial charge in [0.15, 0.2) is 0 Å². The van der Waals surface area contributed by atoms with Crippen LogP contribution in [0, 0.1) is 12.7 Å². The standard InChI is InChI=1S/C11H7BrClFN2O/c1-5-9(12)11(17)16-10(15-5)7-3-2-6(14)4-8(7)13/h2-4H,1H3,(H,15,16,17). The normalized spacial score (nSPS) is 10.6. The van der Waals surface area contributed by atoms with Crippen molar-refractivity contribution in [1.82, 2.24) is 9.97 Å². The molecule has 0 radical (unpaired) electrons. The van der Waals surface area contributed by atoms with E-state index < -0.39 is 5.82 Å². The molecule has 0 aliphatic carbocycles. The molecule has 3 nitrogen and oxygen atoms in total. The zero-order chi connectivity index (χ0) is 12.6. The molecule has 1 heterocycles. The molecule has 6 heteroatoms. The van der Waals surface area contributed by atoms with Gasteiger partial charge in [-0.15, -0.1) is 0 Å². The van der Waals surface area contributed by atoms with E-state index in [-0.39, 0.29) is 10.6 Å². The summed E-state index contributed by atoms with van der Waals surface area (Å²) in [6.45, 7) is 1.69. The Hall–Kier alpha value is -1.20. The molecule has 1 aromatic heterocycles. The average Bonchev–Trinajstić information content (AvgIpc) is 2.25. The first kappa shape index (κ1) is 12.3. The zero-order valence-corrected chi connectivity index (χ0v) is 11.1. The van der Waals surface area contributed by atoms with E-state index in [0.29, 0.717) is 21.6 Å². The molecular weight excluding hydrogens is 310 g/mol. The van der Waals surface area contributed by atoms with Crippen molar-refractivity contribution in [2.45, 2.75) is 6.92 Å². The van der Waals surface area contributed by atoms with Gasteiger partial charge in [0.2, 0.25) is 0 Å². The number of halogens is 3. The van der Waals surface area contributed by atoms with Gasteiger partial charge < -0.3 is 4.98 Å². The van der Waals surface area contributed by atoms with E-state index in [1.807, 2.05) is 0 Å². The summed E-state index contributed by atoms with van der Waals surface area (Å²) in [5.41, 5.74) is 0.734. The number of aromatic nitrogens is 2. The summed E-state index contributed by atoms with van der Waals surface area (Å²) < 4.78 is 13.3. The van der Waals surface area contributed by atoms with Crippen LogP contribution in [-0.2, 0) is 0 Å². The van der Waals surface area contributed by atoms with Gasteiger partial charge in [0.1, 0.15) is 16.1 Å². The molecule has 17 heavy (non-hydrogen) atoms. The second kappa shape index (κ2) is 4.58. The molecule has 0 aliphatic rings. The molecule has 2 rings (SSSR count). The SMILES string of the molecule is Cc1nc(-c2ccc(F)cc2Cl)[nH]c(=O)c1Br. The summed E-state index contributed by atoms with van der Waals surface area (Å²) in [6, 6.07) is 3.91. The Morgan fingerprint density at radius 3 is 2.76 bits per heavy atom. The van der Waals surface area contributed by atoms with Crippen LogP contribution in [-0.4, -0.2) is 9.97 Å². The largest absolute Gasteiger partial charge is 0.305 e. The Morgan fingerprint density at radius 1 is 1.47 bits per heavy atom. The highest BCUT2D eigenvalue weighted by Crippen LogP contribution is 2.25. The summed E-state index contributed by atoms with van der Waals surface area (Å²) in [7, 11) is 0. The topological polar surface area (TPSA) is 45.8 Å². The van der Waals surface area contributed by atoms with Crippen LogP contribution in [0.3, 0.4) is 0 Å². The molecule has 2 aromatic rings. The fourth-order valence-electron chi connectivity index (χ4n) is 1.38. The molecule has 0 saturated carbocycles. The number of nitrogens with zero attached hydrogens (tertiary/aromatic N) is 1. The Labute approximate surface area is 110 Å². The van der Waals surface area contributed by atoms with Crippen LogP contribution in [0.2, 0.25) is 5.02 Å². The monoisotopic (exact) mass is 316 g/mol. The molecule has 0 fully saturated rings. The first-order valence-electron chi connectivity index (χ1n) is 4.71. The molecule has 0 aliphatic heterocycles. The number of benzene rings is 1. The van der Waals surface area contributed by atoms with Crippen LogP contribution in [0.5, 0.6) is 0 Å². The quantitative estimate of drug-likeness (QED) is 0.877. The first-order chi connectivity index (χ1) is 7.99. The fourth-order valence-corrected chi connectivity index (χ4v) is 1.83. The van der Waals surface area contributed by atoms with Crippen molar-refractivity contribution >= 4 is 27.5 Å².